The van der Waals surface area contributed by atoms with Crippen molar-refractivity contribution >= 4 is 15.9 Å². The average Bonchev–Trinajstić information content (AvgIpc) is 3.16. The van der Waals surface area contributed by atoms with Crippen molar-refractivity contribution in [3.63, 3.8) is 0 Å². The smallest absolute Gasteiger partial charge is 0.0659 e. The Morgan fingerprint density at radius 2 is 2.20 bits per heavy atom. The van der Waals surface area contributed by atoms with Gasteiger partial charge in [-0.2, -0.15) is 5.10 Å². The molecule has 1 saturated carbocycles. The molecule has 2 aromatic rings. The van der Waals surface area contributed by atoms with Crippen LogP contribution in [-0.2, 0) is 0 Å². The van der Waals surface area contributed by atoms with Crippen LogP contribution in [0.4, 0.5) is 0 Å². The minimum atomic E-state index is 0.350. The van der Waals surface area contributed by atoms with E-state index >= 15 is 0 Å². The molecule has 0 saturated heterocycles. The van der Waals surface area contributed by atoms with E-state index in [1.807, 2.05) is 4.68 Å². The number of hydrogen-bond donors (Lipinski definition) is 1. The molecule has 1 unspecified atom stereocenters. The molecular formula is C16H20BrN3. The summed E-state index contributed by atoms with van der Waals surface area (Å²) in [4.78, 5) is 0. The Hall–Kier alpha value is -1.13. The molecule has 0 radical (unpaired) electrons. The predicted octanol–water partition coefficient (Wildman–Crippen LogP) is 4.18. The number of rotatable bonds is 5. The molecule has 0 bridgehead atoms. The Bertz CT molecular complexity index is 602. The van der Waals surface area contributed by atoms with Gasteiger partial charge >= 0.3 is 0 Å². The molecular weight excluding hydrogens is 314 g/mol. The number of benzene rings is 1. The number of aromatic nitrogens is 2. The molecule has 20 heavy (non-hydrogen) atoms. The molecule has 106 valence electrons. The van der Waals surface area contributed by atoms with Crippen LogP contribution in [0.3, 0.4) is 0 Å². The molecule has 1 aromatic heterocycles. The van der Waals surface area contributed by atoms with Crippen molar-refractivity contribution < 1.29 is 0 Å². The van der Waals surface area contributed by atoms with E-state index in [1.165, 1.54) is 24.1 Å². The summed E-state index contributed by atoms with van der Waals surface area (Å²) in [6.07, 6.45) is 4.64. The lowest BCUT2D eigenvalue weighted by molar-refractivity contribution is 0.596. The van der Waals surface area contributed by atoms with Gasteiger partial charge < -0.3 is 5.32 Å². The number of hydrogen-bond acceptors (Lipinski definition) is 2. The van der Waals surface area contributed by atoms with Crippen molar-refractivity contribution in [2.24, 2.45) is 0 Å². The summed E-state index contributed by atoms with van der Waals surface area (Å²) in [6, 6.07) is 8.94. The maximum Gasteiger partial charge on any atom is 0.0659 e. The highest BCUT2D eigenvalue weighted by Gasteiger charge is 2.25. The lowest BCUT2D eigenvalue weighted by Crippen LogP contribution is -2.18. The van der Waals surface area contributed by atoms with Gasteiger partial charge in [0.2, 0.25) is 0 Å². The molecule has 1 atom stereocenters. The summed E-state index contributed by atoms with van der Waals surface area (Å²) in [5, 5.41) is 8.11. The van der Waals surface area contributed by atoms with Crippen LogP contribution < -0.4 is 5.32 Å². The minimum absolute atomic E-state index is 0.350. The lowest BCUT2D eigenvalue weighted by Gasteiger charge is -2.15. The van der Waals surface area contributed by atoms with Gasteiger partial charge in [-0.1, -0.05) is 28.9 Å². The Kier molecular flexibility index (Phi) is 3.94. The Balaban J connectivity index is 1.84. The first-order valence-corrected chi connectivity index (χ1v) is 8.07. The standard InChI is InChI=1S/C16H20BrN3/c1-3-18-11(2)14-7-6-13(10-15(14)17)20-9-8-16(19-20)12-4-5-12/h6-12,18H,3-5H2,1-2H3. The van der Waals surface area contributed by atoms with Crippen LogP contribution in [0.25, 0.3) is 5.69 Å². The monoisotopic (exact) mass is 333 g/mol. The molecule has 0 amide bonds. The van der Waals surface area contributed by atoms with Gasteiger partial charge in [-0.15, -0.1) is 0 Å². The second-order valence-electron chi connectivity index (χ2n) is 5.44. The second kappa shape index (κ2) is 5.70. The van der Waals surface area contributed by atoms with Crippen LogP contribution in [0.15, 0.2) is 34.9 Å². The summed E-state index contributed by atoms with van der Waals surface area (Å²) >= 11 is 3.68. The van der Waals surface area contributed by atoms with E-state index in [1.54, 1.807) is 0 Å². The predicted molar refractivity (Wildman–Crippen MR) is 85.3 cm³/mol. The lowest BCUT2D eigenvalue weighted by atomic mass is 10.1. The van der Waals surface area contributed by atoms with Gasteiger partial charge in [0.05, 0.1) is 11.4 Å². The fourth-order valence-corrected chi connectivity index (χ4v) is 3.21. The number of halogens is 1. The van der Waals surface area contributed by atoms with Gasteiger partial charge in [-0.3, -0.25) is 0 Å². The molecule has 1 aliphatic rings. The fourth-order valence-electron chi connectivity index (χ4n) is 2.50. The summed E-state index contributed by atoms with van der Waals surface area (Å²) in [5.74, 6) is 0.702. The van der Waals surface area contributed by atoms with Gasteiger partial charge in [-0.05, 0) is 50.1 Å². The van der Waals surface area contributed by atoms with Crippen molar-refractivity contribution in [3.05, 3.63) is 46.2 Å². The third kappa shape index (κ3) is 2.81. The molecule has 3 rings (SSSR count). The van der Waals surface area contributed by atoms with Gasteiger partial charge in [0, 0.05) is 22.6 Å². The van der Waals surface area contributed by atoms with E-state index in [0.29, 0.717) is 12.0 Å². The Labute approximate surface area is 128 Å². The molecule has 0 aliphatic heterocycles. The Morgan fingerprint density at radius 3 is 2.85 bits per heavy atom. The van der Waals surface area contributed by atoms with Crippen LogP contribution in [0, 0.1) is 0 Å². The summed E-state index contributed by atoms with van der Waals surface area (Å²) < 4.78 is 3.10. The highest BCUT2D eigenvalue weighted by Crippen LogP contribution is 2.39. The number of nitrogens with zero attached hydrogens (tertiary/aromatic N) is 2. The number of nitrogens with one attached hydrogen (secondary N) is 1. The molecule has 3 nitrogen and oxygen atoms in total. The molecule has 0 spiro atoms. The summed E-state index contributed by atoms with van der Waals surface area (Å²) in [5.41, 5.74) is 3.62. The normalized spacial score (nSPS) is 16.4. The molecule has 1 N–H and O–H groups in total. The van der Waals surface area contributed by atoms with Crippen molar-refractivity contribution in [2.75, 3.05) is 6.54 Å². The molecule has 4 heteroatoms. The van der Waals surface area contributed by atoms with E-state index in [0.717, 1.165) is 16.7 Å². The van der Waals surface area contributed by atoms with E-state index in [-0.39, 0.29) is 0 Å². The first-order chi connectivity index (χ1) is 9.69. The highest BCUT2D eigenvalue weighted by atomic mass is 79.9. The van der Waals surface area contributed by atoms with Gasteiger partial charge in [0.15, 0.2) is 0 Å². The second-order valence-corrected chi connectivity index (χ2v) is 6.30. The minimum Gasteiger partial charge on any atom is -0.310 e. The zero-order chi connectivity index (χ0) is 14.1. The van der Waals surface area contributed by atoms with Gasteiger partial charge in [-0.25, -0.2) is 4.68 Å². The van der Waals surface area contributed by atoms with Crippen molar-refractivity contribution in [3.8, 4) is 5.69 Å². The zero-order valence-corrected chi connectivity index (χ0v) is 13.5. The summed E-state index contributed by atoms with van der Waals surface area (Å²) in [7, 11) is 0. The molecule has 1 aromatic carbocycles. The van der Waals surface area contributed by atoms with Crippen LogP contribution in [-0.4, -0.2) is 16.3 Å². The molecule has 1 heterocycles. The first kappa shape index (κ1) is 13.8. The quantitative estimate of drug-likeness (QED) is 0.889. The van der Waals surface area contributed by atoms with E-state index in [4.69, 9.17) is 0 Å². The van der Waals surface area contributed by atoms with Crippen molar-refractivity contribution in [1.29, 1.82) is 0 Å². The zero-order valence-electron chi connectivity index (χ0n) is 11.9. The Morgan fingerprint density at radius 1 is 1.40 bits per heavy atom. The summed E-state index contributed by atoms with van der Waals surface area (Å²) in [6.45, 7) is 5.28. The average molecular weight is 334 g/mol. The largest absolute Gasteiger partial charge is 0.310 e. The maximum absolute atomic E-state index is 4.67. The topological polar surface area (TPSA) is 29.9 Å². The van der Waals surface area contributed by atoms with Crippen LogP contribution >= 0.6 is 15.9 Å². The van der Waals surface area contributed by atoms with E-state index in [9.17, 15) is 0 Å². The third-order valence-electron chi connectivity index (χ3n) is 3.83. The fraction of sp³-hybridized carbons (Fsp3) is 0.438. The van der Waals surface area contributed by atoms with Crippen LogP contribution in [0.2, 0.25) is 0 Å². The van der Waals surface area contributed by atoms with Gasteiger partial charge in [0.1, 0.15) is 0 Å². The van der Waals surface area contributed by atoms with Gasteiger partial charge in [0.25, 0.3) is 0 Å². The molecule has 1 fully saturated rings. The maximum atomic E-state index is 4.67. The molecule has 1 aliphatic carbocycles. The van der Waals surface area contributed by atoms with Crippen LogP contribution in [0.1, 0.15) is 49.9 Å². The van der Waals surface area contributed by atoms with Crippen LogP contribution in [0.5, 0.6) is 0 Å². The first-order valence-electron chi connectivity index (χ1n) is 7.27. The van der Waals surface area contributed by atoms with E-state index < -0.39 is 0 Å². The van der Waals surface area contributed by atoms with Crippen molar-refractivity contribution in [1.82, 2.24) is 15.1 Å². The van der Waals surface area contributed by atoms with E-state index in [2.05, 4.69) is 70.7 Å². The highest BCUT2D eigenvalue weighted by molar-refractivity contribution is 9.10. The van der Waals surface area contributed by atoms with Crippen molar-refractivity contribution in [2.45, 2.75) is 38.6 Å². The SMILES string of the molecule is CCNC(C)c1ccc(-n2ccc(C3CC3)n2)cc1Br. The third-order valence-corrected chi connectivity index (χ3v) is 4.52.